The molecule has 4 N–H and O–H groups in total. The summed E-state index contributed by atoms with van der Waals surface area (Å²) in [4.78, 5) is 33.8. The van der Waals surface area contributed by atoms with E-state index in [1.165, 1.54) is 25.3 Å². The molecule has 0 saturated heterocycles. The fourth-order valence-electron chi connectivity index (χ4n) is 1.22. The maximum Gasteiger partial charge on any atom is 0.328 e. The largest absolute Gasteiger partial charge is 0.480 e. The summed E-state index contributed by atoms with van der Waals surface area (Å²) in [7, 11) is 0. The number of hydrogen-bond acceptors (Lipinski definition) is 5. The lowest BCUT2D eigenvalue weighted by molar-refractivity contribution is -0.143. The summed E-state index contributed by atoms with van der Waals surface area (Å²) in [6.07, 6.45) is 1.31. The van der Waals surface area contributed by atoms with Crippen LogP contribution in [0.15, 0.2) is 22.8 Å². The van der Waals surface area contributed by atoms with E-state index >= 15 is 0 Å². The highest BCUT2D eigenvalue weighted by Gasteiger charge is 2.23. The highest BCUT2D eigenvalue weighted by Crippen LogP contribution is 2.00. The van der Waals surface area contributed by atoms with Crippen LogP contribution in [0.25, 0.3) is 0 Å². The monoisotopic (exact) mass is 270 g/mol. The molecule has 1 heterocycles. The fourth-order valence-corrected chi connectivity index (χ4v) is 1.22. The molecule has 104 valence electrons. The lowest BCUT2D eigenvalue weighted by atomic mass is 10.2. The second-order valence-electron chi connectivity index (χ2n) is 3.75. The van der Waals surface area contributed by atoms with E-state index in [2.05, 4.69) is 10.6 Å². The van der Waals surface area contributed by atoms with Crippen molar-refractivity contribution in [3.05, 3.63) is 24.2 Å². The summed E-state index contributed by atoms with van der Waals surface area (Å²) in [5.74, 6) is -2.64. The smallest absolute Gasteiger partial charge is 0.328 e. The SMILES string of the molecule is CC(NC(=O)c1ccco1)C(=O)N[C@@H](CO)C(=O)O. The van der Waals surface area contributed by atoms with Crippen molar-refractivity contribution >= 4 is 17.8 Å². The molecule has 0 aliphatic carbocycles. The molecule has 0 saturated carbocycles. The van der Waals surface area contributed by atoms with Gasteiger partial charge in [0.15, 0.2) is 5.76 Å². The van der Waals surface area contributed by atoms with E-state index in [0.717, 1.165) is 0 Å². The lowest BCUT2D eigenvalue weighted by Crippen LogP contribution is -2.51. The van der Waals surface area contributed by atoms with Crippen molar-refractivity contribution in [1.82, 2.24) is 10.6 Å². The Bertz CT molecular complexity index is 456. The van der Waals surface area contributed by atoms with Gasteiger partial charge < -0.3 is 25.3 Å². The molecule has 0 aliphatic rings. The number of rotatable bonds is 6. The lowest BCUT2D eigenvalue weighted by Gasteiger charge is -2.16. The molecule has 1 unspecified atom stereocenters. The molecule has 2 atom stereocenters. The molecule has 0 fully saturated rings. The van der Waals surface area contributed by atoms with Gasteiger partial charge in [-0.25, -0.2) is 4.79 Å². The predicted octanol–water partition coefficient (Wildman–Crippen LogP) is -1.04. The molecule has 8 heteroatoms. The van der Waals surface area contributed by atoms with E-state index < -0.39 is 36.5 Å². The van der Waals surface area contributed by atoms with Gasteiger partial charge in [-0.3, -0.25) is 9.59 Å². The molecular formula is C11H14N2O6. The third-order valence-corrected chi connectivity index (χ3v) is 2.28. The second kappa shape index (κ2) is 6.55. The number of carboxylic acids is 1. The number of aliphatic hydroxyl groups excluding tert-OH is 1. The molecule has 8 nitrogen and oxygen atoms in total. The molecule has 0 radical (unpaired) electrons. The van der Waals surface area contributed by atoms with Crippen LogP contribution in [-0.4, -0.2) is 46.7 Å². The van der Waals surface area contributed by atoms with E-state index in [4.69, 9.17) is 14.6 Å². The molecule has 19 heavy (non-hydrogen) atoms. The van der Waals surface area contributed by atoms with Gasteiger partial charge in [-0.2, -0.15) is 0 Å². The van der Waals surface area contributed by atoms with Crippen LogP contribution >= 0.6 is 0 Å². The number of furan rings is 1. The molecule has 0 spiro atoms. The first kappa shape index (κ1) is 14.7. The Kier molecular flexibility index (Phi) is 5.07. The van der Waals surface area contributed by atoms with Crippen LogP contribution < -0.4 is 10.6 Å². The summed E-state index contributed by atoms with van der Waals surface area (Å²) >= 11 is 0. The van der Waals surface area contributed by atoms with Gasteiger partial charge in [0.05, 0.1) is 12.9 Å². The predicted molar refractivity (Wildman–Crippen MR) is 62.3 cm³/mol. The zero-order chi connectivity index (χ0) is 14.4. The highest BCUT2D eigenvalue weighted by molar-refractivity contribution is 5.96. The number of amides is 2. The quantitative estimate of drug-likeness (QED) is 0.522. The van der Waals surface area contributed by atoms with Crippen molar-refractivity contribution in [2.24, 2.45) is 0 Å². The summed E-state index contributed by atoms with van der Waals surface area (Å²) in [6, 6.07) is 0.570. The molecule has 1 aromatic rings. The first-order valence-corrected chi connectivity index (χ1v) is 5.44. The minimum Gasteiger partial charge on any atom is -0.480 e. The third-order valence-electron chi connectivity index (χ3n) is 2.28. The van der Waals surface area contributed by atoms with Gasteiger partial charge in [0.1, 0.15) is 12.1 Å². The van der Waals surface area contributed by atoms with Crippen molar-refractivity contribution in [3.63, 3.8) is 0 Å². The van der Waals surface area contributed by atoms with Crippen molar-refractivity contribution in [2.75, 3.05) is 6.61 Å². The van der Waals surface area contributed by atoms with E-state index in [9.17, 15) is 14.4 Å². The summed E-state index contributed by atoms with van der Waals surface area (Å²) < 4.78 is 4.84. The van der Waals surface area contributed by atoms with Crippen LogP contribution in [0, 0.1) is 0 Å². The number of aliphatic carboxylic acids is 1. The molecule has 2 amide bonds. The van der Waals surface area contributed by atoms with E-state index in [1.807, 2.05) is 0 Å². The Balaban J connectivity index is 2.53. The zero-order valence-corrected chi connectivity index (χ0v) is 10.1. The number of carbonyl (C=O) groups excluding carboxylic acids is 2. The standard InChI is InChI=1S/C11H14N2O6/c1-6(9(15)13-7(5-14)11(17)18)12-10(16)8-3-2-4-19-8/h2-4,6-7,14H,5H2,1H3,(H,12,16)(H,13,15)(H,17,18)/t6?,7-/m0/s1. The molecule has 0 aliphatic heterocycles. The minimum absolute atomic E-state index is 0.0385. The number of nitrogens with one attached hydrogen (secondary N) is 2. The molecule has 1 aromatic heterocycles. The Morgan fingerprint density at radius 3 is 2.53 bits per heavy atom. The Hall–Kier alpha value is -2.35. The Labute approximate surface area is 108 Å². The summed E-state index contributed by atoms with van der Waals surface area (Å²) in [5.41, 5.74) is 0. The normalized spacial score (nSPS) is 13.4. The van der Waals surface area contributed by atoms with Gasteiger partial charge in [-0.15, -0.1) is 0 Å². The minimum atomic E-state index is -1.41. The third kappa shape index (κ3) is 4.11. The van der Waals surface area contributed by atoms with Crippen LogP contribution in [0.3, 0.4) is 0 Å². The van der Waals surface area contributed by atoms with Gasteiger partial charge in [-0.1, -0.05) is 0 Å². The number of carbonyl (C=O) groups is 3. The van der Waals surface area contributed by atoms with Gasteiger partial charge in [-0.05, 0) is 19.1 Å². The molecular weight excluding hydrogens is 256 g/mol. The van der Waals surface area contributed by atoms with Crippen LogP contribution in [0.2, 0.25) is 0 Å². The summed E-state index contributed by atoms with van der Waals surface area (Å²) in [5, 5.41) is 21.8. The zero-order valence-electron chi connectivity index (χ0n) is 10.1. The van der Waals surface area contributed by atoms with Crippen molar-refractivity contribution in [1.29, 1.82) is 0 Å². The summed E-state index contributed by atoms with van der Waals surface area (Å²) in [6.45, 7) is 0.645. The van der Waals surface area contributed by atoms with Crippen molar-refractivity contribution in [2.45, 2.75) is 19.0 Å². The Morgan fingerprint density at radius 2 is 2.05 bits per heavy atom. The van der Waals surface area contributed by atoms with Crippen LogP contribution in [0.4, 0.5) is 0 Å². The van der Waals surface area contributed by atoms with Crippen LogP contribution in [0.1, 0.15) is 17.5 Å². The molecule has 0 bridgehead atoms. The van der Waals surface area contributed by atoms with Crippen molar-refractivity contribution < 1.29 is 29.0 Å². The van der Waals surface area contributed by atoms with Gasteiger partial charge in [0, 0.05) is 0 Å². The highest BCUT2D eigenvalue weighted by atomic mass is 16.4. The van der Waals surface area contributed by atoms with Gasteiger partial charge >= 0.3 is 5.97 Å². The molecule has 1 rings (SSSR count). The van der Waals surface area contributed by atoms with E-state index in [-0.39, 0.29) is 5.76 Å². The number of carboxylic acid groups (broad SMARTS) is 1. The maximum absolute atomic E-state index is 11.6. The second-order valence-corrected chi connectivity index (χ2v) is 3.75. The topological polar surface area (TPSA) is 129 Å². The number of hydrogen-bond donors (Lipinski definition) is 4. The number of aliphatic hydroxyl groups is 1. The van der Waals surface area contributed by atoms with Gasteiger partial charge in [0.2, 0.25) is 5.91 Å². The average molecular weight is 270 g/mol. The molecule has 0 aromatic carbocycles. The maximum atomic E-state index is 11.6. The Morgan fingerprint density at radius 1 is 1.37 bits per heavy atom. The van der Waals surface area contributed by atoms with Crippen LogP contribution in [-0.2, 0) is 9.59 Å². The van der Waals surface area contributed by atoms with E-state index in [1.54, 1.807) is 0 Å². The van der Waals surface area contributed by atoms with Gasteiger partial charge in [0.25, 0.3) is 5.91 Å². The average Bonchev–Trinajstić information content (AvgIpc) is 2.88. The van der Waals surface area contributed by atoms with E-state index in [0.29, 0.717) is 0 Å². The fraction of sp³-hybridized carbons (Fsp3) is 0.364. The first-order chi connectivity index (χ1) is 8.95. The first-order valence-electron chi connectivity index (χ1n) is 5.44. The van der Waals surface area contributed by atoms with Crippen LogP contribution in [0.5, 0.6) is 0 Å². The van der Waals surface area contributed by atoms with Crippen molar-refractivity contribution in [3.8, 4) is 0 Å².